The SMILES string of the molecule is O=C(Nc1cccc(C(=O)Nc2cc(O)c3cc(S(=O)(=O)O)ccc3c2)c1)Nc1cccc(C(=O)Nc2cc(O)c3cc(S(=O)(=O)O)ccc3c2)c1. The average Bonchev–Trinajstić information content (AvgIpc) is 3.07. The number of anilines is 4. The minimum absolute atomic E-state index is 0.142. The molecule has 6 aromatic carbocycles. The van der Waals surface area contributed by atoms with Crippen molar-refractivity contribution in [2.75, 3.05) is 21.3 Å². The van der Waals surface area contributed by atoms with Crippen LogP contribution in [0.3, 0.4) is 0 Å². The Labute approximate surface area is 295 Å². The molecule has 0 aliphatic carbocycles. The van der Waals surface area contributed by atoms with Gasteiger partial charge in [-0.05, 0) is 83.6 Å². The molecule has 8 N–H and O–H groups in total. The van der Waals surface area contributed by atoms with Crippen molar-refractivity contribution >= 4 is 82.4 Å². The second kappa shape index (κ2) is 13.6. The van der Waals surface area contributed by atoms with E-state index in [-0.39, 0.29) is 56.1 Å². The van der Waals surface area contributed by atoms with Gasteiger partial charge in [0.15, 0.2) is 0 Å². The van der Waals surface area contributed by atoms with Gasteiger partial charge in [-0.1, -0.05) is 24.3 Å². The van der Waals surface area contributed by atoms with Gasteiger partial charge in [-0.15, -0.1) is 0 Å². The molecule has 0 aliphatic heterocycles. The lowest BCUT2D eigenvalue weighted by atomic mass is 10.1. The van der Waals surface area contributed by atoms with E-state index in [1.165, 1.54) is 84.9 Å². The molecule has 6 aromatic rings. The van der Waals surface area contributed by atoms with Crippen molar-refractivity contribution in [2.24, 2.45) is 0 Å². The molecule has 17 heteroatoms. The normalized spacial score (nSPS) is 11.6. The van der Waals surface area contributed by atoms with E-state index in [9.17, 15) is 50.5 Å². The van der Waals surface area contributed by atoms with E-state index in [0.29, 0.717) is 10.8 Å². The molecule has 0 fully saturated rings. The van der Waals surface area contributed by atoms with E-state index < -0.39 is 47.9 Å². The van der Waals surface area contributed by atoms with Crippen LogP contribution in [0.15, 0.2) is 119 Å². The summed E-state index contributed by atoms with van der Waals surface area (Å²) >= 11 is 0. The van der Waals surface area contributed by atoms with E-state index in [1.54, 1.807) is 0 Å². The molecule has 52 heavy (non-hydrogen) atoms. The third-order valence-corrected chi connectivity index (χ3v) is 9.38. The molecule has 6 rings (SSSR count). The first-order valence-electron chi connectivity index (χ1n) is 14.9. The van der Waals surface area contributed by atoms with Crippen LogP contribution in [-0.4, -0.2) is 54.0 Å². The molecule has 0 unspecified atom stereocenters. The Morgan fingerprint density at radius 3 is 1.25 bits per heavy atom. The summed E-state index contributed by atoms with van der Waals surface area (Å²) in [6.45, 7) is 0. The highest BCUT2D eigenvalue weighted by Crippen LogP contribution is 2.33. The van der Waals surface area contributed by atoms with Gasteiger partial charge in [0.1, 0.15) is 11.5 Å². The molecule has 15 nitrogen and oxygen atoms in total. The van der Waals surface area contributed by atoms with Crippen molar-refractivity contribution in [1.82, 2.24) is 0 Å². The molecule has 0 spiro atoms. The lowest BCUT2D eigenvalue weighted by Gasteiger charge is -2.12. The Morgan fingerprint density at radius 1 is 0.462 bits per heavy atom. The molecular weight excluding hydrogens is 717 g/mol. The number of nitrogens with one attached hydrogen (secondary N) is 4. The number of carbonyl (C=O) groups is 3. The summed E-state index contributed by atoms with van der Waals surface area (Å²) in [7, 11) is -8.98. The minimum Gasteiger partial charge on any atom is -0.507 e. The van der Waals surface area contributed by atoms with E-state index in [1.807, 2.05) is 0 Å². The van der Waals surface area contributed by atoms with Gasteiger partial charge < -0.3 is 31.5 Å². The molecular formula is C35H26N4O11S2. The van der Waals surface area contributed by atoms with Crippen LogP contribution in [0.2, 0.25) is 0 Å². The molecule has 0 bridgehead atoms. The summed E-state index contributed by atoms with van der Waals surface area (Å²) in [6, 6.07) is 23.9. The van der Waals surface area contributed by atoms with E-state index in [0.717, 1.165) is 24.3 Å². The van der Waals surface area contributed by atoms with Gasteiger partial charge in [0.2, 0.25) is 0 Å². The summed E-state index contributed by atoms with van der Waals surface area (Å²) in [6.07, 6.45) is 0. The fraction of sp³-hybridized carbons (Fsp3) is 0. The number of urea groups is 1. The lowest BCUT2D eigenvalue weighted by Crippen LogP contribution is -2.20. The molecule has 0 aromatic heterocycles. The molecule has 4 amide bonds. The van der Waals surface area contributed by atoms with Crippen LogP contribution >= 0.6 is 0 Å². The monoisotopic (exact) mass is 742 g/mol. The summed E-state index contributed by atoms with van der Waals surface area (Å²) < 4.78 is 64.4. The summed E-state index contributed by atoms with van der Waals surface area (Å²) in [4.78, 5) is 38.1. The van der Waals surface area contributed by atoms with E-state index in [4.69, 9.17) is 0 Å². The number of phenols is 2. The Morgan fingerprint density at radius 2 is 0.865 bits per heavy atom. The molecule has 0 atom stereocenters. The maximum Gasteiger partial charge on any atom is 0.323 e. The third-order valence-electron chi connectivity index (χ3n) is 7.68. The van der Waals surface area contributed by atoms with Gasteiger partial charge in [-0.25, -0.2) is 4.79 Å². The number of hydrogen-bond donors (Lipinski definition) is 8. The van der Waals surface area contributed by atoms with Gasteiger partial charge in [-0.2, -0.15) is 16.8 Å². The number of aromatic hydroxyl groups is 2. The first kappa shape index (κ1) is 35.3. The molecule has 264 valence electrons. The van der Waals surface area contributed by atoms with Gasteiger partial charge in [0, 0.05) is 56.8 Å². The quantitative estimate of drug-likeness (QED) is 0.0834. The van der Waals surface area contributed by atoms with Gasteiger partial charge >= 0.3 is 6.03 Å². The van der Waals surface area contributed by atoms with Crippen LogP contribution in [0, 0.1) is 0 Å². The maximum atomic E-state index is 13.0. The number of rotatable bonds is 8. The van der Waals surface area contributed by atoms with Crippen molar-refractivity contribution in [2.45, 2.75) is 9.79 Å². The Balaban J connectivity index is 1.10. The second-order valence-electron chi connectivity index (χ2n) is 11.4. The first-order valence-corrected chi connectivity index (χ1v) is 17.8. The van der Waals surface area contributed by atoms with Crippen LogP contribution in [0.5, 0.6) is 11.5 Å². The Kier molecular flexibility index (Phi) is 9.26. The number of benzene rings is 6. The molecule has 0 heterocycles. The number of amides is 4. The second-order valence-corrected chi connectivity index (χ2v) is 14.2. The zero-order valence-electron chi connectivity index (χ0n) is 26.4. The van der Waals surface area contributed by atoms with Crippen molar-refractivity contribution in [1.29, 1.82) is 0 Å². The van der Waals surface area contributed by atoms with E-state index in [2.05, 4.69) is 21.3 Å². The maximum absolute atomic E-state index is 13.0. The van der Waals surface area contributed by atoms with Crippen LogP contribution < -0.4 is 21.3 Å². The predicted octanol–water partition coefficient (Wildman–Crippen LogP) is 6.05. The summed E-state index contributed by atoms with van der Waals surface area (Å²) in [5.74, 6) is -1.84. The highest BCUT2D eigenvalue weighted by molar-refractivity contribution is 7.86. The zero-order valence-corrected chi connectivity index (χ0v) is 28.0. The molecule has 0 saturated heterocycles. The van der Waals surface area contributed by atoms with Crippen molar-refractivity contribution < 1.29 is 50.5 Å². The Bertz CT molecular complexity index is 2500. The van der Waals surface area contributed by atoms with Crippen molar-refractivity contribution in [3.8, 4) is 11.5 Å². The fourth-order valence-corrected chi connectivity index (χ4v) is 6.29. The summed E-state index contributed by atoms with van der Waals surface area (Å²) in [5.41, 5.74) is 1.19. The lowest BCUT2D eigenvalue weighted by molar-refractivity contribution is 0.101. The largest absolute Gasteiger partial charge is 0.507 e. The highest BCUT2D eigenvalue weighted by atomic mass is 32.2. The van der Waals surface area contributed by atoms with Gasteiger partial charge in [0.25, 0.3) is 32.1 Å². The van der Waals surface area contributed by atoms with Crippen LogP contribution in [0.25, 0.3) is 21.5 Å². The fourth-order valence-electron chi connectivity index (χ4n) is 5.28. The minimum atomic E-state index is -4.49. The van der Waals surface area contributed by atoms with Gasteiger partial charge in [0.05, 0.1) is 9.79 Å². The predicted molar refractivity (Wildman–Crippen MR) is 192 cm³/mol. The first-order chi connectivity index (χ1) is 24.5. The molecule has 0 radical (unpaired) electrons. The highest BCUT2D eigenvalue weighted by Gasteiger charge is 2.16. The number of phenolic OH excluding ortho intramolecular Hbond substituents is 2. The molecule has 0 saturated carbocycles. The van der Waals surface area contributed by atoms with Gasteiger partial charge in [-0.3, -0.25) is 18.7 Å². The zero-order chi connectivity index (χ0) is 37.4. The summed E-state index contributed by atoms with van der Waals surface area (Å²) in [5, 5.41) is 32.4. The topological polar surface area (TPSA) is 249 Å². The standard InChI is InChI=1S/C35H26N4O11S2/c40-31-15-25(11-19-7-9-27(17-29(19)31)51(45,46)47)36-33(42)21-3-1-5-23(13-21)38-35(44)39-24-6-2-4-22(14-24)34(43)37-26-12-20-8-10-28(52(48,49)50)18-30(20)32(41)16-26/h1-18,40-41H,(H,36,42)(H,37,43)(H2,38,39,44)(H,45,46,47)(H,48,49,50). The van der Waals surface area contributed by atoms with Crippen molar-refractivity contribution in [3.05, 3.63) is 120 Å². The number of hydrogen-bond acceptors (Lipinski definition) is 9. The number of carbonyl (C=O) groups excluding carboxylic acids is 3. The molecule has 0 aliphatic rings. The van der Waals surface area contributed by atoms with Crippen LogP contribution in [0.1, 0.15) is 20.7 Å². The average molecular weight is 743 g/mol. The third kappa shape index (κ3) is 7.92. The number of fused-ring (bicyclic) bond motifs is 2. The smallest absolute Gasteiger partial charge is 0.323 e. The van der Waals surface area contributed by atoms with Crippen LogP contribution in [0.4, 0.5) is 27.5 Å². The van der Waals surface area contributed by atoms with Crippen molar-refractivity contribution in [3.63, 3.8) is 0 Å². The van der Waals surface area contributed by atoms with E-state index >= 15 is 0 Å². The Hall–Kier alpha value is -6.53. The van der Waals surface area contributed by atoms with Crippen LogP contribution in [-0.2, 0) is 20.2 Å².